The van der Waals surface area contributed by atoms with E-state index in [1.165, 1.54) is 0 Å². The molecule has 14 heavy (non-hydrogen) atoms. The fourth-order valence-corrected chi connectivity index (χ4v) is 1.02. The van der Waals surface area contributed by atoms with Crippen molar-refractivity contribution in [3.8, 4) is 5.75 Å². The molecule has 77 valence electrons. The van der Waals surface area contributed by atoms with Crippen molar-refractivity contribution in [2.75, 3.05) is 13.7 Å². The molecule has 0 aliphatic heterocycles. The minimum Gasteiger partial charge on any atom is -0.441 e. The van der Waals surface area contributed by atoms with E-state index in [1.807, 2.05) is 32.0 Å². The first-order chi connectivity index (χ1) is 6.77. The van der Waals surface area contributed by atoms with Crippen LogP contribution >= 0.6 is 0 Å². The minimum atomic E-state index is -0.644. The molecule has 0 aromatic heterocycles. The second kappa shape index (κ2) is 5.62. The summed E-state index contributed by atoms with van der Waals surface area (Å²) in [5, 5.41) is 0. The van der Waals surface area contributed by atoms with Crippen LogP contribution in [-0.4, -0.2) is 20.2 Å². The minimum absolute atomic E-state index is 0.550. The quantitative estimate of drug-likeness (QED) is 0.674. The normalized spacial score (nSPS) is 12.5. The average molecular weight is 195 g/mol. The van der Waals surface area contributed by atoms with Gasteiger partial charge in [0.05, 0.1) is 6.61 Å². The maximum Gasteiger partial charge on any atom is 0.315 e. The van der Waals surface area contributed by atoms with Gasteiger partial charge >= 0.3 is 6.48 Å². The molecule has 3 heteroatoms. The second-order valence-corrected chi connectivity index (χ2v) is 2.76. The molecule has 0 spiro atoms. The van der Waals surface area contributed by atoms with Gasteiger partial charge in [0.25, 0.3) is 0 Å². The van der Waals surface area contributed by atoms with Crippen LogP contribution in [0, 0.1) is 13.0 Å². The van der Waals surface area contributed by atoms with Crippen molar-refractivity contribution in [1.82, 2.24) is 0 Å². The molecule has 0 fully saturated rings. The van der Waals surface area contributed by atoms with Gasteiger partial charge in [0.2, 0.25) is 0 Å². The zero-order valence-electron chi connectivity index (χ0n) is 8.74. The van der Waals surface area contributed by atoms with Crippen LogP contribution in [0.5, 0.6) is 5.75 Å². The first kappa shape index (κ1) is 11.0. The fraction of sp³-hybridized carbons (Fsp3) is 0.455. The molecule has 3 nitrogen and oxygen atoms in total. The maximum absolute atomic E-state index is 5.46. The fourth-order valence-electron chi connectivity index (χ4n) is 1.02. The zero-order valence-corrected chi connectivity index (χ0v) is 8.74. The summed E-state index contributed by atoms with van der Waals surface area (Å²) in [5.74, 6) is 0.729. The number of ether oxygens (including phenoxy) is 3. The predicted molar refractivity (Wildman–Crippen MR) is 53.1 cm³/mol. The summed E-state index contributed by atoms with van der Waals surface area (Å²) in [4.78, 5) is 0. The Balaban J connectivity index is 2.62. The molecule has 1 aromatic rings. The molecular weight excluding hydrogens is 180 g/mol. The zero-order chi connectivity index (χ0) is 10.4. The number of rotatable bonds is 5. The van der Waals surface area contributed by atoms with Gasteiger partial charge in [-0.05, 0) is 31.5 Å². The summed E-state index contributed by atoms with van der Waals surface area (Å²) >= 11 is 0. The molecule has 1 aromatic carbocycles. The summed E-state index contributed by atoms with van der Waals surface area (Å²) < 4.78 is 15.6. The van der Waals surface area contributed by atoms with E-state index in [0.717, 1.165) is 11.3 Å². The maximum atomic E-state index is 5.46. The lowest BCUT2D eigenvalue weighted by molar-refractivity contribution is -0.231. The van der Waals surface area contributed by atoms with Gasteiger partial charge in [0.15, 0.2) is 0 Å². The Morgan fingerprint density at radius 1 is 1.50 bits per heavy atom. The highest BCUT2D eigenvalue weighted by Gasteiger charge is 2.09. The van der Waals surface area contributed by atoms with Crippen LogP contribution in [0.4, 0.5) is 0 Å². The predicted octanol–water partition coefficient (Wildman–Crippen LogP) is 2.14. The third kappa shape index (κ3) is 3.01. The smallest absolute Gasteiger partial charge is 0.315 e. The number of aryl methyl sites for hydroxylation is 1. The number of methoxy groups -OCH3 is 1. The molecule has 1 rings (SSSR count). The van der Waals surface area contributed by atoms with Gasteiger partial charge in [0.1, 0.15) is 5.75 Å². The molecular formula is C11H15O3. The Kier molecular flexibility index (Phi) is 4.43. The number of hydrogen-bond acceptors (Lipinski definition) is 3. The van der Waals surface area contributed by atoms with Crippen molar-refractivity contribution >= 4 is 0 Å². The first-order valence-electron chi connectivity index (χ1n) is 4.56. The van der Waals surface area contributed by atoms with Crippen LogP contribution < -0.4 is 4.74 Å². The van der Waals surface area contributed by atoms with Gasteiger partial charge in [-0.25, -0.2) is 0 Å². The Hall–Kier alpha value is -1.06. The van der Waals surface area contributed by atoms with E-state index in [-0.39, 0.29) is 0 Å². The van der Waals surface area contributed by atoms with Gasteiger partial charge in [0, 0.05) is 7.11 Å². The van der Waals surface area contributed by atoms with Gasteiger partial charge in [-0.3, -0.25) is 0 Å². The summed E-state index contributed by atoms with van der Waals surface area (Å²) in [5.41, 5.74) is 0.939. The van der Waals surface area contributed by atoms with E-state index in [1.54, 1.807) is 7.11 Å². The van der Waals surface area contributed by atoms with Crippen LogP contribution in [0.3, 0.4) is 0 Å². The van der Waals surface area contributed by atoms with E-state index in [4.69, 9.17) is 14.2 Å². The molecule has 0 bridgehead atoms. The van der Waals surface area contributed by atoms with Crippen molar-refractivity contribution in [2.24, 2.45) is 0 Å². The molecule has 1 atom stereocenters. The Morgan fingerprint density at radius 2 is 2.29 bits per heavy atom. The van der Waals surface area contributed by atoms with Gasteiger partial charge in [-0.15, -0.1) is 0 Å². The summed E-state index contributed by atoms with van der Waals surface area (Å²) in [7, 11) is 1.54. The van der Waals surface area contributed by atoms with E-state index in [0.29, 0.717) is 6.61 Å². The lowest BCUT2D eigenvalue weighted by atomic mass is 10.2. The SMILES string of the molecule is CCOC(OC)Oc1ccc[c]c1C. The molecule has 1 radical (unpaired) electrons. The number of benzene rings is 1. The average Bonchev–Trinajstić information content (AvgIpc) is 2.20. The van der Waals surface area contributed by atoms with Gasteiger partial charge in [-0.1, -0.05) is 12.1 Å². The second-order valence-electron chi connectivity index (χ2n) is 2.76. The van der Waals surface area contributed by atoms with E-state index < -0.39 is 6.48 Å². The Bertz CT molecular complexity index is 273. The highest BCUT2D eigenvalue weighted by atomic mass is 16.8. The van der Waals surface area contributed by atoms with E-state index in [9.17, 15) is 0 Å². The third-order valence-corrected chi connectivity index (χ3v) is 1.73. The highest BCUT2D eigenvalue weighted by molar-refractivity contribution is 5.30. The highest BCUT2D eigenvalue weighted by Crippen LogP contribution is 2.17. The monoisotopic (exact) mass is 195 g/mol. The molecule has 0 aliphatic rings. The van der Waals surface area contributed by atoms with Crippen LogP contribution in [0.2, 0.25) is 0 Å². The van der Waals surface area contributed by atoms with Crippen LogP contribution in [0.1, 0.15) is 12.5 Å². The molecule has 0 amide bonds. The van der Waals surface area contributed by atoms with Crippen LogP contribution in [0.15, 0.2) is 18.2 Å². The van der Waals surface area contributed by atoms with E-state index >= 15 is 0 Å². The molecule has 1 unspecified atom stereocenters. The molecule has 0 heterocycles. The standard InChI is InChI=1S/C11H15O3/c1-4-13-11(12-3)14-10-8-6-5-7-9(10)2/h5-6,8,11H,4H2,1-3H3. The van der Waals surface area contributed by atoms with Crippen molar-refractivity contribution in [1.29, 1.82) is 0 Å². The van der Waals surface area contributed by atoms with Gasteiger partial charge in [-0.2, -0.15) is 0 Å². The lowest BCUT2D eigenvalue weighted by Gasteiger charge is -2.17. The Labute approximate surface area is 84.6 Å². The molecule has 0 saturated heterocycles. The molecule has 0 N–H and O–H groups in total. The number of hydrogen-bond donors (Lipinski definition) is 0. The summed E-state index contributed by atoms with van der Waals surface area (Å²) in [6.45, 7) is 3.72. The third-order valence-electron chi connectivity index (χ3n) is 1.73. The van der Waals surface area contributed by atoms with Crippen molar-refractivity contribution < 1.29 is 14.2 Å². The molecule has 0 saturated carbocycles. The van der Waals surface area contributed by atoms with Crippen LogP contribution in [-0.2, 0) is 9.47 Å². The van der Waals surface area contributed by atoms with Crippen molar-refractivity contribution in [3.05, 3.63) is 29.8 Å². The largest absolute Gasteiger partial charge is 0.441 e. The summed E-state index contributed by atoms with van der Waals surface area (Å²) in [6.07, 6.45) is 0. The summed E-state index contributed by atoms with van der Waals surface area (Å²) in [6, 6.07) is 8.59. The first-order valence-corrected chi connectivity index (χ1v) is 4.56. The topological polar surface area (TPSA) is 27.7 Å². The molecule has 0 aliphatic carbocycles. The Morgan fingerprint density at radius 3 is 2.86 bits per heavy atom. The van der Waals surface area contributed by atoms with Crippen LogP contribution in [0.25, 0.3) is 0 Å². The lowest BCUT2D eigenvalue weighted by Crippen LogP contribution is -2.22. The van der Waals surface area contributed by atoms with Crippen molar-refractivity contribution in [3.63, 3.8) is 0 Å². The van der Waals surface area contributed by atoms with E-state index in [2.05, 4.69) is 6.07 Å². The van der Waals surface area contributed by atoms with Crippen molar-refractivity contribution in [2.45, 2.75) is 20.3 Å². The van der Waals surface area contributed by atoms with Gasteiger partial charge < -0.3 is 14.2 Å².